The Morgan fingerprint density at radius 2 is 0.707 bits per heavy atom. The van der Waals surface area contributed by atoms with Crippen molar-refractivity contribution in [2.45, 2.75) is 6.42 Å². The van der Waals surface area contributed by atoms with E-state index in [-0.39, 0.29) is 26.6 Å². The fraction of sp³-hybridized carbons (Fsp3) is 0.00980. The van der Waals surface area contributed by atoms with Gasteiger partial charge in [0, 0.05) is 148 Å². The molecule has 0 amide bonds. The molecular formula is C102H68Br3N9O8Pt. The van der Waals surface area contributed by atoms with Gasteiger partial charge in [-0.25, -0.2) is 24.9 Å². The number of fused-ring (bicyclic) bond motifs is 12. The molecule has 0 atom stereocenters. The summed E-state index contributed by atoms with van der Waals surface area (Å²) in [4.78, 5) is 43.0. The molecule has 11 heterocycles. The molecule has 22 aromatic rings. The topological polar surface area (TPSA) is 197 Å². The number of rotatable bonds is 14. The number of hydrogen-bond donors (Lipinski definition) is 1. The number of anilines is 6. The van der Waals surface area contributed by atoms with Crippen LogP contribution in [-0.4, -0.2) is 34.9 Å². The summed E-state index contributed by atoms with van der Waals surface area (Å²) in [7, 11) is 0. The molecule has 22 rings (SSSR count). The maximum absolute atomic E-state index is 10.2. The average molecular weight is 1980 g/mol. The van der Waals surface area contributed by atoms with E-state index in [9.17, 15) is 4.79 Å². The van der Waals surface area contributed by atoms with E-state index < -0.39 is 0 Å². The molecule has 21 heteroatoms. The van der Waals surface area contributed by atoms with Gasteiger partial charge in [0.15, 0.2) is 0 Å². The van der Waals surface area contributed by atoms with Gasteiger partial charge in [-0.3, -0.25) is 14.7 Å². The van der Waals surface area contributed by atoms with Crippen LogP contribution in [0.2, 0.25) is 0 Å². The summed E-state index contributed by atoms with van der Waals surface area (Å²) in [5.41, 5.74) is 12.9. The molecule has 0 radical (unpaired) electrons. The first kappa shape index (κ1) is 82.3. The van der Waals surface area contributed by atoms with Gasteiger partial charge in [0.2, 0.25) is 23.2 Å². The Kier molecular flexibility index (Phi) is 26.5. The van der Waals surface area contributed by atoms with E-state index in [2.05, 4.69) is 165 Å². The van der Waals surface area contributed by atoms with Crippen LogP contribution in [0.1, 0.15) is 11.3 Å². The second-order valence-electron chi connectivity index (χ2n) is 27.2. The van der Waals surface area contributed by atoms with Gasteiger partial charge in [0.05, 0.1) is 0 Å². The Labute approximate surface area is 745 Å². The van der Waals surface area contributed by atoms with Gasteiger partial charge in [-0.05, 0) is 217 Å². The molecule has 0 aliphatic rings. The van der Waals surface area contributed by atoms with Crippen LogP contribution in [0.3, 0.4) is 0 Å². The summed E-state index contributed by atoms with van der Waals surface area (Å²) in [6.07, 6.45) is 13.0. The first-order chi connectivity index (χ1) is 60.1. The monoisotopic (exact) mass is 1980 g/mol. The van der Waals surface area contributed by atoms with Crippen LogP contribution in [0.25, 0.3) is 87.8 Å². The fourth-order valence-electron chi connectivity index (χ4n) is 13.4. The molecular weight excluding hydrogens is 1910 g/mol. The molecule has 0 fully saturated rings. The molecule has 123 heavy (non-hydrogen) atoms. The van der Waals surface area contributed by atoms with Gasteiger partial charge >= 0.3 is 21.1 Å². The second-order valence-corrected chi connectivity index (χ2v) is 30.0. The van der Waals surface area contributed by atoms with Crippen LogP contribution in [-0.2, 0) is 27.5 Å². The summed E-state index contributed by atoms with van der Waals surface area (Å²) in [6, 6.07) is 120. The number of nitrogens with one attached hydrogen (secondary N) is 1. The summed E-state index contributed by atoms with van der Waals surface area (Å²) < 4.78 is 44.4. The van der Waals surface area contributed by atoms with Crippen LogP contribution in [0, 0.1) is 12.1 Å². The zero-order valence-corrected chi connectivity index (χ0v) is 72.1. The maximum atomic E-state index is 10.2. The quantitative estimate of drug-likeness (QED) is 0.101. The third-order valence-corrected chi connectivity index (χ3v) is 20.4. The normalized spacial score (nSPS) is 10.7. The molecule has 0 bridgehead atoms. The van der Waals surface area contributed by atoms with Gasteiger partial charge in [0.25, 0.3) is 0 Å². The van der Waals surface area contributed by atoms with Gasteiger partial charge in [-0.2, -0.15) is 16.8 Å². The van der Waals surface area contributed by atoms with Gasteiger partial charge in [0.1, 0.15) is 56.6 Å². The number of benzene rings is 11. The number of para-hydroxylation sites is 2. The fourth-order valence-corrected chi connectivity index (χ4v) is 14.5. The van der Waals surface area contributed by atoms with Crippen molar-refractivity contribution >= 4 is 170 Å². The Balaban J connectivity index is 0.000000116. The summed E-state index contributed by atoms with van der Waals surface area (Å²) >= 11 is 10.4. The molecule has 0 aliphatic carbocycles. The Bertz CT molecular complexity index is 6870. The SMILES string of the molecule is Brc1ccc2oc3ccc(Br)cc3c2c1.Brc1ccc2oc3ccc(Oc4ccccn4)cc3c2c1.O=c1cccc[nH]1.[Pt+2].[c-]1c(Oc2ccccn2)ccc2oc3ccc(N(c4ccccc4)c4ccccn4)[c-]c3c12.c1ccc(Cc2ccccn2)cc1.c1ccc(N(c2ccc3oc4ccc(Oc5ccccn5)cc4c3c2)c2ccccn2)cc1. The molecule has 0 spiro atoms. The van der Waals surface area contributed by atoms with E-state index >= 15 is 0 Å². The van der Waals surface area contributed by atoms with Gasteiger partial charge in [-0.15, -0.1) is 24.3 Å². The third-order valence-electron chi connectivity index (χ3n) is 19.0. The standard InChI is InChI=1S/C28H19N3O2.C28H17N3O2.C17H10BrNO2.C12H6Br2O.C12H11N.C5H5NO.Pt/c2*1-2-8-20(9-3-1)31(27-10-4-6-16-29-27)21-12-14-25-23(18-21)24-19-22(13-15-26(24)33-25)32-28-11-5-7-17-30-28;18-11-4-6-15-13(9-11)14-10-12(5-7-16(14)21-15)20-17-3-1-2-8-19-17;13-7-1-3-11-9(5-7)10-6-8(14)2-4-12(10)15-11;1-2-6-11(7-3-1)10-12-8-4-5-9-13-12;7-5-3-1-2-4-6-5;/h1-19H;1-17H;1-10H;1-6H;1-9H,10H2;1-4H,(H,6,7);/q;-2;;;;;+2. The number of aromatic amines is 1. The number of furan rings is 4. The minimum Gasteiger partial charge on any atom is -0.564 e. The predicted molar refractivity (Wildman–Crippen MR) is 494 cm³/mol. The predicted octanol–water partition coefficient (Wildman–Crippen LogP) is 28.6. The van der Waals surface area contributed by atoms with Crippen molar-refractivity contribution in [3.8, 4) is 34.9 Å². The molecule has 0 saturated heterocycles. The van der Waals surface area contributed by atoms with Crippen molar-refractivity contribution in [2.24, 2.45) is 0 Å². The van der Waals surface area contributed by atoms with E-state index in [1.165, 1.54) is 11.6 Å². The van der Waals surface area contributed by atoms with E-state index in [0.717, 1.165) is 153 Å². The van der Waals surface area contributed by atoms with Gasteiger partial charge < -0.3 is 41.8 Å². The Hall–Kier alpha value is -14.4. The average Bonchev–Trinajstić information content (AvgIpc) is 1.64. The molecule has 11 aromatic heterocycles. The first-order valence-corrected chi connectivity index (χ1v) is 41.0. The largest absolute Gasteiger partial charge is 2.00 e. The second kappa shape index (κ2) is 39.7. The van der Waals surface area contributed by atoms with Crippen molar-refractivity contribution in [2.75, 3.05) is 9.80 Å². The van der Waals surface area contributed by atoms with Crippen molar-refractivity contribution in [1.82, 2.24) is 34.9 Å². The minimum atomic E-state index is -0.0532. The molecule has 600 valence electrons. The Morgan fingerprint density at radius 3 is 1.16 bits per heavy atom. The minimum absolute atomic E-state index is 0. The summed E-state index contributed by atoms with van der Waals surface area (Å²) in [5.74, 6) is 5.29. The molecule has 0 aliphatic heterocycles. The zero-order chi connectivity index (χ0) is 82.8. The van der Waals surface area contributed by atoms with E-state index in [4.69, 9.17) is 31.9 Å². The third kappa shape index (κ3) is 20.6. The van der Waals surface area contributed by atoms with Crippen LogP contribution in [0.4, 0.5) is 34.4 Å². The van der Waals surface area contributed by atoms with E-state index in [1.807, 2.05) is 273 Å². The van der Waals surface area contributed by atoms with Gasteiger partial charge in [-0.1, -0.05) is 163 Å². The van der Waals surface area contributed by atoms with Crippen molar-refractivity contribution in [3.63, 3.8) is 0 Å². The van der Waals surface area contributed by atoms with Crippen LogP contribution in [0.15, 0.2) is 431 Å². The first-order valence-electron chi connectivity index (χ1n) is 38.6. The number of H-pyrrole nitrogens is 1. The molecule has 17 nitrogen and oxygen atoms in total. The maximum Gasteiger partial charge on any atom is 2.00 e. The van der Waals surface area contributed by atoms with Crippen molar-refractivity contribution in [1.29, 1.82) is 0 Å². The van der Waals surface area contributed by atoms with Crippen molar-refractivity contribution in [3.05, 3.63) is 442 Å². The van der Waals surface area contributed by atoms with Crippen LogP contribution < -0.4 is 29.6 Å². The Morgan fingerprint density at radius 1 is 0.317 bits per heavy atom. The number of hydrogen-bond acceptors (Lipinski definition) is 16. The van der Waals surface area contributed by atoms with E-state index in [1.54, 1.807) is 55.4 Å². The molecule has 11 aromatic carbocycles. The zero-order valence-electron chi connectivity index (χ0n) is 65.0. The molecule has 0 saturated carbocycles. The molecule has 0 unspecified atom stereocenters. The number of pyridine rings is 7. The number of nitrogens with zero attached hydrogens (tertiary/aromatic N) is 8. The van der Waals surface area contributed by atoms with E-state index in [0.29, 0.717) is 29.1 Å². The van der Waals surface area contributed by atoms with Crippen LogP contribution >= 0.6 is 47.8 Å². The summed E-state index contributed by atoms with van der Waals surface area (Å²) in [6.45, 7) is 0. The molecule has 1 N–H and O–H groups in total. The number of aromatic nitrogens is 7. The summed E-state index contributed by atoms with van der Waals surface area (Å²) in [5, 5.41) is 7.98. The van der Waals surface area contributed by atoms with Crippen molar-refractivity contribution < 1.29 is 52.9 Å². The number of ether oxygens (including phenoxy) is 3. The van der Waals surface area contributed by atoms with Crippen LogP contribution in [0.5, 0.6) is 34.9 Å². The smallest absolute Gasteiger partial charge is 0.564 e. The number of halogens is 3.